The van der Waals surface area contributed by atoms with Crippen LogP contribution in [0.5, 0.6) is 0 Å². The van der Waals surface area contributed by atoms with Crippen LogP contribution in [-0.4, -0.2) is 0 Å². The monoisotopic (exact) mass is 194 g/mol. The van der Waals surface area contributed by atoms with Crippen molar-refractivity contribution in [2.75, 3.05) is 0 Å². The predicted molar refractivity (Wildman–Crippen MR) is 46.8 cm³/mol. The van der Waals surface area contributed by atoms with E-state index in [9.17, 15) is 0 Å². The molecular weight excluding hydrogens is 188 g/mol. The van der Waals surface area contributed by atoms with Gasteiger partial charge in [0.2, 0.25) is 0 Å². The summed E-state index contributed by atoms with van der Waals surface area (Å²) in [5.41, 5.74) is 2.11. The van der Waals surface area contributed by atoms with Gasteiger partial charge in [-0.3, -0.25) is 0 Å². The summed E-state index contributed by atoms with van der Waals surface area (Å²) in [4.78, 5) is 0. The molecule has 0 atom stereocenters. The first-order chi connectivity index (χ1) is 4.72. The molecule has 0 amide bonds. The first-order valence-electron chi connectivity index (χ1n) is 2.96. The van der Waals surface area contributed by atoms with Crippen LogP contribution >= 0.6 is 15.9 Å². The first-order valence-corrected chi connectivity index (χ1v) is 3.75. The van der Waals surface area contributed by atoms with E-state index in [4.69, 9.17) is 6.42 Å². The Morgan fingerprint density at radius 1 is 1.40 bits per heavy atom. The van der Waals surface area contributed by atoms with E-state index in [-0.39, 0.29) is 0 Å². The lowest BCUT2D eigenvalue weighted by Gasteiger charge is -1.95. The highest BCUT2D eigenvalue weighted by atomic mass is 79.9. The average Bonchev–Trinajstić information content (AvgIpc) is 1.85. The number of hydrogen-bond donors (Lipinski definition) is 0. The second-order valence-corrected chi connectivity index (χ2v) is 3.08. The molecule has 1 aromatic rings. The molecule has 0 spiro atoms. The molecule has 1 aromatic carbocycles. The molecule has 0 aliphatic rings. The summed E-state index contributed by atoms with van der Waals surface area (Å²) in [6, 6.07) is 5.93. The van der Waals surface area contributed by atoms with Gasteiger partial charge in [0, 0.05) is 10.0 Å². The smallest absolute Gasteiger partial charge is 0.0256 e. The van der Waals surface area contributed by atoms with E-state index >= 15 is 0 Å². The quantitative estimate of drug-likeness (QED) is 0.558. The maximum absolute atomic E-state index is 5.22. The molecule has 0 saturated heterocycles. The van der Waals surface area contributed by atoms with Crippen molar-refractivity contribution in [3.05, 3.63) is 33.8 Å². The third-order valence-electron chi connectivity index (χ3n) is 1.21. The molecule has 0 heterocycles. The predicted octanol–water partition coefficient (Wildman–Crippen LogP) is 2.74. The number of terminal acetylenes is 1. The summed E-state index contributed by atoms with van der Waals surface area (Å²) in [7, 11) is 0. The third kappa shape index (κ3) is 1.62. The average molecular weight is 195 g/mol. The van der Waals surface area contributed by atoms with Crippen molar-refractivity contribution < 1.29 is 0 Å². The minimum absolute atomic E-state index is 0.923. The Kier molecular flexibility index (Phi) is 2.13. The zero-order chi connectivity index (χ0) is 7.56. The lowest BCUT2D eigenvalue weighted by Crippen LogP contribution is -1.76. The molecule has 0 nitrogen and oxygen atoms in total. The van der Waals surface area contributed by atoms with E-state index in [1.165, 1.54) is 5.56 Å². The molecule has 0 saturated carbocycles. The van der Waals surface area contributed by atoms with Crippen molar-refractivity contribution in [1.82, 2.24) is 0 Å². The molecule has 1 heteroatoms. The molecule has 0 aliphatic carbocycles. The number of hydrogen-bond acceptors (Lipinski definition) is 0. The van der Waals surface area contributed by atoms with Gasteiger partial charge in [0.25, 0.3) is 0 Å². The van der Waals surface area contributed by atoms with Crippen LogP contribution < -0.4 is 0 Å². The van der Waals surface area contributed by atoms with Crippen molar-refractivity contribution in [1.29, 1.82) is 0 Å². The molecule has 0 radical (unpaired) electrons. The Morgan fingerprint density at radius 2 is 2.10 bits per heavy atom. The van der Waals surface area contributed by atoms with Crippen molar-refractivity contribution in [3.63, 3.8) is 0 Å². The second-order valence-electron chi connectivity index (χ2n) is 2.16. The largest absolute Gasteiger partial charge is 0.115 e. The number of rotatable bonds is 0. The molecule has 0 bridgehead atoms. The van der Waals surface area contributed by atoms with Crippen molar-refractivity contribution in [2.45, 2.75) is 6.92 Å². The van der Waals surface area contributed by atoms with Gasteiger partial charge in [-0.1, -0.05) is 21.9 Å². The Bertz CT molecular complexity index is 261. The van der Waals surface area contributed by atoms with Crippen LogP contribution in [0.1, 0.15) is 11.1 Å². The SMILES string of the molecule is C#Cc1cc(C)cc(Br)c1. The maximum Gasteiger partial charge on any atom is 0.0256 e. The van der Waals surface area contributed by atoms with Crippen LogP contribution in [0.15, 0.2) is 22.7 Å². The minimum atomic E-state index is 0.923. The zero-order valence-electron chi connectivity index (χ0n) is 5.69. The van der Waals surface area contributed by atoms with E-state index in [0.29, 0.717) is 0 Å². The fourth-order valence-electron chi connectivity index (χ4n) is 0.820. The van der Waals surface area contributed by atoms with Gasteiger partial charge in [-0.25, -0.2) is 0 Å². The van der Waals surface area contributed by atoms with Gasteiger partial charge >= 0.3 is 0 Å². The van der Waals surface area contributed by atoms with Crippen LogP contribution in [0.3, 0.4) is 0 Å². The van der Waals surface area contributed by atoms with Gasteiger partial charge < -0.3 is 0 Å². The summed E-state index contributed by atoms with van der Waals surface area (Å²) >= 11 is 3.36. The summed E-state index contributed by atoms with van der Waals surface area (Å²) in [6.45, 7) is 2.02. The normalized spacial score (nSPS) is 8.90. The molecular formula is C9H7Br. The molecule has 0 N–H and O–H groups in total. The summed E-state index contributed by atoms with van der Waals surface area (Å²) in [5, 5.41) is 0. The molecule has 0 unspecified atom stereocenters. The van der Waals surface area contributed by atoms with Crippen molar-refractivity contribution >= 4 is 15.9 Å². The minimum Gasteiger partial charge on any atom is -0.115 e. The highest BCUT2D eigenvalue weighted by Gasteiger charge is 1.91. The Balaban J connectivity index is 3.22. The van der Waals surface area contributed by atoms with E-state index in [0.717, 1.165) is 10.0 Å². The molecule has 10 heavy (non-hydrogen) atoms. The first kappa shape index (κ1) is 7.37. The molecule has 0 fully saturated rings. The third-order valence-corrected chi connectivity index (χ3v) is 1.67. The number of aryl methyl sites for hydroxylation is 1. The van der Waals surface area contributed by atoms with Gasteiger partial charge in [-0.05, 0) is 30.7 Å². The Hall–Kier alpha value is -0.740. The van der Waals surface area contributed by atoms with Crippen LogP contribution in [-0.2, 0) is 0 Å². The summed E-state index contributed by atoms with van der Waals surface area (Å²) < 4.78 is 1.04. The fraction of sp³-hybridized carbons (Fsp3) is 0.111. The van der Waals surface area contributed by atoms with Gasteiger partial charge in [0.1, 0.15) is 0 Å². The van der Waals surface area contributed by atoms with Gasteiger partial charge in [0.05, 0.1) is 0 Å². The summed E-state index contributed by atoms with van der Waals surface area (Å²) in [6.07, 6.45) is 5.22. The standard InChI is InChI=1S/C9H7Br/c1-3-8-4-7(2)5-9(10)6-8/h1,4-6H,2H3. The molecule has 0 aliphatic heterocycles. The molecule has 50 valence electrons. The van der Waals surface area contributed by atoms with Crippen LogP contribution in [0.25, 0.3) is 0 Å². The van der Waals surface area contributed by atoms with Gasteiger partial charge in [-0.15, -0.1) is 6.42 Å². The highest BCUT2D eigenvalue weighted by molar-refractivity contribution is 9.10. The van der Waals surface area contributed by atoms with E-state index in [2.05, 4.69) is 21.9 Å². The van der Waals surface area contributed by atoms with E-state index in [1.807, 2.05) is 25.1 Å². The van der Waals surface area contributed by atoms with Crippen molar-refractivity contribution in [2.24, 2.45) is 0 Å². The fourth-order valence-corrected chi connectivity index (χ4v) is 1.43. The van der Waals surface area contributed by atoms with Crippen LogP contribution in [0.4, 0.5) is 0 Å². The van der Waals surface area contributed by atoms with Crippen molar-refractivity contribution in [3.8, 4) is 12.3 Å². The van der Waals surface area contributed by atoms with Crippen LogP contribution in [0.2, 0.25) is 0 Å². The Morgan fingerprint density at radius 3 is 2.60 bits per heavy atom. The topological polar surface area (TPSA) is 0 Å². The van der Waals surface area contributed by atoms with E-state index < -0.39 is 0 Å². The van der Waals surface area contributed by atoms with Crippen LogP contribution in [0, 0.1) is 19.3 Å². The Labute approximate surface area is 69.4 Å². The van der Waals surface area contributed by atoms with Gasteiger partial charge in [0.15, 0.2) is 0 Å². The lowest BCUT2D eigenvalue weighted by molar-refractivity contribution is 1.43. The lowest BCUT2D eigenvalue weighted by atomic mass is 10.1. The number of benzene rings is 1. The molecule has 1 rings (SSSR count). The van der Waals surface area contributed by atoms with Gasteiger partial charge in [-0.2, -0.15) is 0 Å². The maximum atomic E-state index is 5.22. The number of halogens is 1. The van der Waals surface area contributed by atoms with E-state index in [1.54, 1.807) is 0 Å². The highest BCUT2D eigenvalue weighted by Crippen LogP contribution is 2.13. The zero-order valence-corrected chi connectivity index (χ0v) is 7.27. The summed E-state index contributed by atoms with van der Waals surface area (Å²) in [5.74, 6) is 2.58. The second kappa shape index (κ2) is 2.90. The molecule has 0 aromatic heterocycles.